The Bertz CT molecular complexity index is 669. The van der Waals surface area contributed by atoms with Crippen LogP contribution in [0.1, 0.15) is 31.7 Å². The van der Waals surface area contributed by atoms with Crippen LogP contribution in [-0.4, -0.2) is 25.5 Å². The molecule has 4 aliphatic carbocycles. The highest BCUT2D eigenvalue weighted by Gasteiger charge is 2.90. The van der Waals surface area contributed by atoms with Gasteiger partial charge in [-0.3, -0.25) is 9.59 Å². The Labute approximate surface area is 142 Å². The smallest absolute Gasteiger partial charge is 0.313 e. The van der Waals surface area contributed by atoms with Gasteiger partial charge < -0.3 is 9.47 Å². The maximum Gasteiger partial charge on any atom is 0.313 e. The molecule has 4 nitrogen and oxygen atoms in total. The topological polar surface area (TPSA) is 52.6 Å². The second-order valence-corrected chi connectivity index (χ2v) is 7.69. The highest BCUT2D eigenvalue weighted by atomic mass is 16.5. The maximum absolute atomic E-state index is 12.7. The first-order chi connectivity index (χ1) is 11.6. The van der Waals surface area contributed by atoms with Crippen LogP contribution in [0.25, 0.3) is 0 Å². The molecule has 4 bridgehead atoms. The van der Waals surface area contributed by atoms with Crippen LogP contribution in [0.4, 0.5) is 0 Å². The minimum Gasteiger partial charge on any atom is -0.469 e. The Morgan fingerprint density at radius 3 is 2.71 bits per heavy atom. The highest BCUT2D eigenvalue weighted by molar-refractivity contribution is 6.03. The normalized spacial score (nSPS) is 38.9. The van der Waals surface area contributed by atoms with Gasteiger partial charge in [0, 0.05) is 18.4 Å². The van der Waals surface area contributed by atoms with Crippen molar-refractivity contribution in [3.05, 3.63) is 35.9 Å². The molecule has 4 saturated carbocycles. The minimum absolute atomic E-state index is 0.0243. The average Bonchev–Trinajstić information content (AvgIpc) is 3.11. The summed E-state index contributed by atoms with van der Waals surface area (Å²) in [7, 11) is 1.44. The zero-order chi connectivity index (χ0) is 16.9. The zero-order valence-corrected chi connectivity index (χ0v) is 14.3. The summed E-state index contributed by atoms with van der Waals surface area (Å²) in [6.07, 6.45) is 2.63. The van der Waals surface area contributed by atoms with E-state index in [0.29, 0.717) is 19.0 Å². The van der Waals surface area contributed by atoms with E-state index in [9.17, 15) is 9.59 Å². The molecule has 128 valence electrons. The molecule has 0 aromatic heterocycles. The van der Waals surface area contributed by atoms with Crippen LogP contribution in [0.5, 0.6) is 0 Å². The molecule has 0 heterocycles. The summed E-state index contributed by atoms with van der Waals surface area (Å²) in [6, 6.07) is 10.0. The number of rotatable bonds is 6. The largest absolute Gasteiger partial charge is 0.469 e. The van der Waals surface area contributed by atoms with Crippen LogP contribution in [0.2, 0.25) is 0 Å². The lowest BCUT2D eigenvalue weighted by atomic mass is 9.65. The van der Waals surface area contributed by atoms with Crippen molar-refractivity contribution in [2.24, 2.45) is 28.6 Å². The monoisotopic (exact) mass is 328 g/mol. The Hall–Kier alpha value is -1.68. The van der Waals surface area contributed by atoms with E-state index in [1.165, 1.54) is 7.11 Å². The number of hydrogen-bond acceptors (Lipinski definition) is 4. The first-order valence-electron chi connectivity index (χ1n) is 8.81. The van der Waals surface area contributed by atoms with Crippen molar-refractivity contribution >= 4 is 11.8 Å². The lowest BCUT2D eigenvalue weighted by Gasteiger charge is -2.38. The molecule has 0 amide bonds. The van der Waals surface area contributed by atoms with Crippen LogP contribution >= 0.6 is 0 Å². The van der Waals surface area contributed by atoms with Gasteiger partial charge in [-0.2, -0.15) is 0 Å². The van der Waals surface area contributed by atoms with Gasteiger partial charge in [0.1, 0.15) is 5.78 Å². The fourth-order valence-corrected chi connectivity index (χ4v) is 5.84. The average molecular weight is 328 g/mol. The molecule has 1 aromatic rings. The van der Waals surface area contributed by atoms with Crippen molar-refractivity contribution in [3.63, 3.8) is 0 Å². The van der Waals surface area contributed by atoms with Crippen molar-refractivity contribution in [2.75, 3.05) is 13.7 Å². The molecule has 0 radical (unpaired) electrons. The van der Waals surface area contributed by atoms with Gasteiger partial charge in [0.05, 0.1) is 19.1 Å². The second kappa shape index (κ2) is 5.41. The van der Waals surface area contributed by atoms with Gasteiger partial charge >= 0.3 is 5.97 Å². The van der Waals surface area contributed by atoms with Gasteiger partial charge in [-0.15, -0.1) is 0 Å². The third-order valence-corrected chi connectivity index (χ3v) is 6.86. The van der Waals surface area contributed by atoms with Gasteiger partial charge in [-0.05, 0) is 36.2 Å². The number of ether oxygens (including phenoxy) is 2. The molecule has 3 unspecified atom stereocenters. The number of methoxy groups -OCH3 is 1. The summed E-state index contributed by atoms with van der Waals surface area (Å²) in [5.74, 6) is 0.101. The summed E-state index contributed by atoms with van der Waals surface area (Å²) >= 11 is 0. The molecule has 5 atom stereocenters. The zero-order valence-electron chi connectivity index (χ0n) is 14.3. The number of Topliss-reactive ketones (excluding diaryl/α,β-unsaturated/α-hetero) is 1. The van der Waals surface area contributed by atoms with E-state index in [0.717, 1.165) is 24.8 Å². The number of hydrogen-bond donors (Lipinski definition) is 0. The Morgan fingerprint density at radius 2 is 2.04 bits per heavy atom. The fraction of sp³-hybridized carbons (Fsp3) is 0.600. The molecule has 4 heteroatoms. The van der Waals surface area contributed by atoms with Gasteiger partial charge in [-0.1, -0.05) is 37.3 Å². The van der Waals surface area contributed by atoms with Gasteiger partial charge in [0.25, 0.3) is 0 Å². The van der Waals surface area contributed by atoms with E-state index in [4.69, 9.17) is 9.47 Å². The van der Waals surface area contributed by atoms with Crippen molar-refractivity contribution in [1.82, 2.24) is 0 Å². The molecule has 4 fully saturated rings. The number of carbonyl (C=O) groups is 2. The molecule has 0 N–H and O–H groups in total. The molecule has 0 aliphatic heterocycles. The van der Waals surface area contributed by atoms with E-state index >= 15 is 0 Å². The van der Waals surface area contributed by atoms with Crippen molar-refractivity contribution in [2.45, 2.75) is 32.8 Å². The number of fused-ring (bicyclic) bond motifs is 1. The van der Waals surface area contributed by atoms with Gasteiger partial charge in [0.2, 0.25) is 0 Å². The maximum atomic E-state index is 12.7. The molecule has 24 heavy (non-hydrogen) atoms. The van der Waals surface area contributed by atoms with Crippen molar-refractivity contribution in [3.8, 4) is 0 Å². The summed E-state index contributed by atoms with van der Waals surface area (Å²) in [5, 5.41) is 0. The summed E-state index contributed by atoms with van der Waals surface area (Å²) in [5.41, 5.74) is 0.383. The predicted molar refractivity (Wildman–Crippen MR) is 88.0 cm³/mol. The molecular formula is C20H24O4. The van der Waals surface area contributed by atoms with Crippen molar-refractivity contribution < 1.29 is 19.1 Å². The van der Waals surface area contributed by atoms with Crippen LogP contribution in [-0.2, 0) is 25.7 Å². The number of benzene rings is 1. The Kier molecular flexibility index (Phi) is 3.57. The Morgan fingerprint density at radius 1 is 1.29 bits per heavy atom. The number of ketones is 1. The summed E-state index contributed by atoms with van der Waals surface area (Å²) in [4.78, 5) is 25.2. The molecule has 0 spiro atoms. The quantitative estimate of drug-likeness (QED) is 0.595. The lowest BCUT2D eigenvalue weighted by Crippen LogP contribution is -2.40. The standard InChI is InChI=1S/C20H24O4/c1-19-10-8-14-15(9-11-24-12-13-6-4-3-5-7-13)20(19,18(22)23-2)17(19)16(14)21/h3-7,14-15,17H,8-12H2,1-2H3/t14-,15+,17?,19?,20?/m1/s1. The summed E-state index contributed by atoms with van der Waals surface area (Å²) in [6.45, 7) is 3.24. The number of esters is 1. The van der Waals surface area contributed by atoms with Crippen LogP contribution < -0.4 is 0 Å². The first-order valence-corrected chi connectivity index (χ1v) is 8.81. The molecule has 4 aliphatic rings. The third kappa shape index (κ3) is 1.83. The van der Waals surface area contributed by atoms with Crippen molar-refractivity contribution in [1.29, 1.82) is 0 Å². The molecule has 5 rings (SSSR count). The van der Waals surface area contributed by atoms with E-state index in [1.807, 2.05) is 30.3 Å². The number of carbonyl (C=O) groups excluding carboxylic acids is 2. The minimum atomic E-state index is -0.572. The highest BCUT2D eigenvalue weighted by Crippen LogP contribution is 2.84. The third-order valence-electron chi connectivity index (χ3n) is 6.86. The molecule has 0 saturated heterocycles. The first kappa shape index (κ1) is 15.8. The fourth-order valence-electron chi connectivity index (χ4n) is 5.84. The summed E-state index contributed by atoms with van der Waals surface area (Å²) < 4.78 is 10.9. The molecular weight excluding hydrogens is 304 g/mol. The van der Waals surface area contributed by atoms with Crippen LogP contribution in [0.15, 0.2) is 30.3 Å². The SMILES string of the molecule is COC(=O)C12C3C(=O)[C@H](CCC31C)[C@@H]2CCOCc1ccccc1. The lowest BCUT2D eigenvalue weighted by molar-refractivity contribution is -0.153. The molecule has 1 aromatic carbocycles. The van der Waals surface area contributed by atoms with E-state index in [1.54, 1.807) is 0 Å². The predicted octanol–water partition coefficient (Wildman–Crippen LogP) is 3.00. The van der Waals surface area contributed by atoms with Crippen LogP contribution in [0, 0.1) is 28.6 Å². The van der Waals surface area contributed by atoms with E-state index in [-0.39, 0.29) is 29.1 Å². The van der Waals surface area contributed by atoms with Crippen LogP contribution in [0.3, 0.4) is 0 Å². The van der Waals surface area contributed by atoms with E-state index in [2.05, 4.69) is 6.92 Å². The second-order valence-electron chi connectivity index (χ2n) is 7.69. The van der Waals surface area contributed by atoms with E-state index < -0.39 is 5.41 Å². The van der Waals surface area contributed by atoms with Gasteiger partial charge in [-0.25, -0.2) is 0 Å². The Balaban J connectivity index is 1.45. The van der Waals surface area contributed by atoms with Gasteiger partial charge in [0.15, 0.2) is 0 Å².